The Morgan fingerprint density at radius 1 is 0.812 bits per heavy atom. The van der Waals surface area contributed by atoms with Crippen LogP contribution in [-0.2, 0) is 14.4 Å². The van der Waals surface area contributed by atoms with Gasteiger partial charge in [-0.1, -0.05) is 90.8 Å². The summed E-state index contributed by atoms with van der Waals surface area (Å²) in [6.45, 7) is 24.8. The average Bonchev–Trinajstić information content (AvgIpc) is 2.91. The summed E-state index contributed by atoms with van der Waals surface area (Å²) in [6, 6.07) is -0.00670. The third kappa shape index (κ3) is 17.7. The predicted molar refractivity (Wildman–Crippen MR) is 151 cm³/mol. The molecule has 32 heavy (non-hydrogen) atoms. The number of Topliss-reactive ketones (excluding diaryl/α,β-unsaturated/α-hetero) is 1. The van der Waals surface area contributed by atoms with Crippen LogP contribution in [0.1, 0.15) is 89.5 Å². The van der Waals surface area contributed by atoms with Crippen LogP contribution in [0.15, 0.2) is 0 Å². The van der Waals surface area contributed by atoms with E-state index in [0.717, 1.165) is 10.5 Å². The van der Waals surface area contributed by atoms with Gasteiger partial charge in [0, 0.05) is 28.9 Å². The van der Waals surface area contributed by atoms with Crippen LogP contribution in [0.3, 0.4) is 0 Å². The Morgan fingerprint density at radius 3 is 1.56 bits per heavy atom. The SMILES string of the molecule is CC(C)SC1CC(=O)N(C(C)C)C1=O.CC(C)SCC(=O)C(C)C.CC(C)SSC(C)C. The van der Waals surface area contributed by atoms with E-state index in [4.69, 9.17) is 0 Å². The standard InChI is InChI=1S/C10H17NO2S.C8H16OS.C6H14S2/c1-6(2)11-9(12)5-8(10(11)13)14-7(3)4;1-6(2)8(9)5-10-7(3)4;1-5(2)7-8-6(3)4/h6-8H,5H2,1-4H3;6-7H,5H2,1-4H3;5-6H,1-4H3. The van der Waals surface area contributed by atoms with E-state index in [9.17, 15) is 14.4 Å². The molecule has 1 rings (SSSR count). The topological polar surface area (TPSA) is 54.5 Å². The highest BCUT2D eigenvalue weighted by Gasteiger charge is 2.40. The third-order valence-corrected chi connectivity index (χ3v) is 9.62. The monoisotopic (exact) mass is 525 g/mol. The summed E-state index contributed by atoms with van der Waals surface area (Å²) in [4.78, 5) is 35.7. The van der Waals surface area contributed by atoms with Crippen molar-refractivity contribution >= 4 is 62.7 Å². The fourth-order valence-electron chi connectivity index (χ4n) is 2.24. The number of likely N-dealkylation sites (tertiary alicyclic amines) is 1. The van der Waals surface area contributed by atoms with Gasteiger partial charge >= 0.3 is 0 Å². The zero-order valence-electron chi connectivity index (χ0n) is 22.3. The Hall–Kier alpha value is 0.210. The normalized spacial score (nSPS) is 16.3. The first-order valence-corrected chi connectivity index (χ1v) is 15.8. The number of carbonyl (C=O) groups is 3. The van der Waals surface area contributed by atoms with Crippen LogP contribution < -0.4 is 0 Å². The lowest BCUT2D eigenvalue weighted by atomic mass is 10.1. The lowest BCUT2D eigenvalue weighted by molar-refractivity contribution is -0.140. The lowest BCUT2D eigenvalue weighted by Crippen LogP contribution is -2.37. The van der Waals surface area contributed by atoms with Gasteiger partial charge in [0.05, 0.1) is 11.0 Å². The molecule has 4 nitrogen and oxygen atoms in total. The minimum atomic E-state index is -0.148. The van der Waals surface area contributed by atoms with Crippen LogP contribution in [0.2, 0.25) is 0 Å². The Bertz CT molecular complexity index is 541. The molecule has 1 unspecified atom stereocenters. The van der Waals surface area contributed by atoms with E-state index in [-0.39, 0.29) is 29.0 Å². The van der Waals surface area contributed by atoms with Gasteiger partial charge in [0.2, 0.25) is 11.8 Å². The molecule has 8 heteroatoms. The van der Waals surface area contributed by atoms with Crippen molar-refractivity contribution in [3.8, 4) is 0 Å². The Balaban J connectivity index is 0. The number of amides is 2. The zero-order valence-corrected chi connectivity index (χ0v) is 25.5. The van der Waals surface area contributed by atoms with E-state index < -0.39 is 0 Å². The molecular weight excluding hydrogens is 479 g/mol. The van der Waals surface area contributed by atoms with Crippen molar-refractivity contribution in [1.29, 1.82) is 0 Å². The first-order chi connectivity index (χ1) is 14.6. The number of imide groups is 1. The summed E-state index contributed by atoms with van der Waals surface area (Å²) < 4.78 is 0. The smallest absolute Gasteiger partial charge is 0.243 e. The quantitative estimate of drug-likeness (QED) is 0.221. The van der Waals surface area contributed by atoms with Gasteiger partial charge in [-0.25, -0.2) is 0 Å². The van der Waals surface area contributed by atoms with Gasteiger partial charge in [-0.15, -0.1) is 11.8 Å². The number of rotatable bonds is 10. The van der Waals surface area contributed by atoms with Gasteiger partial charge in [0.15, 0.2) is 0 Å². The minimum Gasteiger partial charge on any atom is -0.298 e. The molecule has 1 aliphatic heterocycles. The fraction of sp³-hybridized carbons (Fsp3) is 0.875. The molecule has 2 amide bonds. The molecule has 0 N–H and O–H groups in total. The van der Waals surface area contributed by atoms with E-state index in [1.54, 1.807) is 23.5 Å². The van der Waals surface area contributed by atoms with Gasteiger partial charge in [-0.3, -0.25) is 19.3 Å². The Labute approximate surface area is 214 Å². The zero-order chi connectivity index (χ0) is 25.6. The van der Waals surface area contributed by atoms with Crippen molar-refractivity contribution < 1.29 is 14.4 Å². The predicted octanol–water partition coefficient (Wildman–Crippen LogP) is 7.20. The maximum Gasteiger partial charge on any atom is 0.243 e. The number of nitrogens with zero attached hydrogens (tertiary/aromatic N) is 1. The van der Waals surface area contributed by atoms with Crippen molar-refractivity contribution in [2.45, 2.75) is 122 Å². The molecule has 0 aromatic heterocycles. The van der Waals surface area contributed by atoms with E-state index in [1.165, 1.54) is 4.90 Å². The molecule has 1 saturated heterocycles. The molecule has 0 radical (unpaired) electrons. The van der Waals surface area contributed by atoms with Crippen LogP contribution >= 0.6 is 45.1 Å². The molecule has 0 aromatic rings. The van der Waals surface area contributed by atoms with Crippen molar-refractivity contribution in [3.05, 3.63) is 0 Å². The minimum absolute atomic E-state index is 0.00670. The van der Waals surface area contributed by atoms with E-state index in [2.05, 4.69) is 41.5 Å². The number of ketones is 1. The summed E-state index contributed by atoms with van der Waals surface area (Å²) >= 11 is 3.30. The fourth-order valence-corrected chi connectivity index (χ4v) is 5.97. The molecule has 0 spiro atoms. The number of hydrogen-bond acceptors (Lipinski definition) is 7. The molecule has 1 heterocycles. The van der Waals surface area contributed by atoms with E-state index in [0.29, 0.717) is 28.5 Å². The second kappa shape index (κ2) is 18.5. The summed E-state index contributed by atoms with van der Waals surface area (Å²) in [5, 5.41) is 2.35. The highest BCUT2D eigenvalue weighted by molar-refractivity contribution is 8.77. The molecule has 190 valence electrons. The van der Waals surface area contributed by atoms with Crippen molar-refractivity contribution in [2.75, 3.05) is 5.75 Å². The maximum absolute atomic E-state index is 11.8. The van der Waals surface area contributed by atoms with Gasteiger partial charge < -0.3 is 0 Å². The number of hydrogen-bond donors (Lipinski definition) is 0. The summed E-state index contributed by atoms with van der Waals surface area (Å²) in [5.41, 5.74) is 0. The van der Waals surface area contributed by atoms with Gasteiger partial charge in [-0.2, -0.15) is 11.8 Å². The molecule has 0 aliphatic carbocycles. The molecule has 0 bridgehead atoms. The summed E-state index contributed by atoms with van der Waals surface area (Å²) in [6.07, 6.45) is 0.375. The largest absolute Gasteiger partial charge is 0.298 e. The lowest BCUT2D eigenvalue weighted by Gasteiger charge is -2.19. The van der Waals surface area contributed by atoms with Crippen LogP contribution in [0.25, 0.3) is 0 Å². The number of carbonyl (C=O) groups excluding carboxylic acids is 3. The van der Waals surface area contributed by atoms with E-state index >= 15 is 0 Å². The van der Waals surface area contributed by atoms with Gasteiger partial charge in [0.25, 0.3) is 0 Å². The highest BCUT2D eigenvalue weighted by Crippen LogP contribution is 2.30. The first kappa shape index (κ1) is 34.4. The molecule has 0 aromatic carbocycles. The van der Waals surface area contributed by atoms with Crippen molar-refractivity contribution in [1.82, 2.24) is 4.90 Å². The summed E-state index contributed by atoms with van der Waals surface area (Å²) in [7, 11) is 3.91. The van der Waals surface area contributed by atoms with Crippen molar-refractivity contribution in [2.24, 2.45) is 5.92 Å². The second-order valence-electron chi connectivity index (χ2n) is 9.34. The summed E-state index contributed by atoms with van der Waals surface area (Å²) in [5.74, 6) is 1.20. The first-order valence-electron chi connectivity index (χ1n) is 11.6. The molecule has 1 atom stereocenters. The highest BCUT2D eigenvalue weighted by atomic mass is 33.1. The van der Waals surface area contributed by atoms with Gasteiger partial charge in [0.1, 0.15) is 5.78 Å². The maximum atomic E-state index is 11.8. The average molecular weight is 526 g/mol. The van der Waals surface area contributed by atoms with Crippen LogP contribution in [0, 0.1) is 5.92 Å². The molecular formula is C24H47NO3S4. The number of thioether (sulfide) groups is 2. The molecule has 1 fully saturated rings. The molecule has 1 aliphatic rings. The third-order valence-electron chi connectivity index (χ3n) is 3.74. The van der Waals surface area contributed by atoms with Crippen molar-refractivity contribution in [3.63, 3.8) is 0 Å². The van der Waals surface area contributed by atoms with Crippen LogP contribution in [0.5, 0.6) is 0 Å². The Kier molecular flexibility index (Phi) is 19.9. The molecule has 0 saturated carbocycles. The van der Waals surface area contributed by atoms with Gasteiger partial charge in [-0.05, 0) is 24.3 Å². The van der Waals surface area contributed by atoms with Crippen LogP contribution in [0.4, 0.5) is 0 Å². The van der Waals surface area contributed by atoms with Crippen LogP contribution in [-0.4, -0.2) is 60.5 Å². The van der Waals surface area contributed by atoms with E-state index in [1.807, 2.05) is 63.1 Å². The Morgan fingerprint density at radius 2 is 1.28 bits per heavy atom. The second-order valence-corrected chi connectivity index (χ2v) is 16.1.